The predicted molar refractivity (Wildman–Crippen MR) is 80.4 cm³/mol. The highest BCUT2D eigenvalue weighted by Crippen LogP contribution is 2.23. The molecule has 2 heteroatoms. The Hall–Kier alpha value is -1.80. The lowest BCUT2D eigenvalue weighted by molar-refractivity contribution is 0.415. The Balaban J connectivity index is 2.08. The Morgan fingerprint density at radius 3 is 1.95 bits per heavy atom. The molecule has 0 aliphatic carbocycles. The molecule has 0 saturated carbocycles. The van der Waals surface area contributed by atoms with Gasteiger partial charge in [-0.25, -0.2) is 0 Å². The summed E-state index contributed by atoms with van der Waals surface area (Å²) in [6.07, 6.45) is 2.07. The lowest BCUT2D eigenvalue weighted by atomic mass is 10.0. The molecule has 0 radical (unpaired) electrons. The van der Waals surface area contributed by atoms with E-state index in [1.807, 2.05) is 19.1 Å². The summed E-state index contributed by atoms with van der Waals surface area (Å²) in [5.41, 5.74) is 9.56. The highest BCUT2D eigenvalue weighted by molar-refractivity contribution is 5.64. The van der Waals surface area contributed by atoms with Crippen molar-refractivity contribution in [2.75, 3.05) is 7.11 Å². The summed E-state index contributed by atoms with van der Waals surface area (Å²) in [6, 6.07) is 17.1. The first-order valence-electron chi connectivity index (χ1n) is 6.68. The Morgan fingerprint density at radius 2 is 1.47 bits per heavy atom. The number of hydrogen-bond acceptors (Lipinski definition) is 2. The maximum atomic E-state index is 5.78. The molecule has 0 saturated heterocycles. The van der Waals surface area contributed by atoms with Crippen LogP contribution in [0, 0.1) is 0 Å². The molecule has 19 heavy (non-hydrogen) atoms. The van der Waals surface area contributed by atoms with Crippen LogP contribution in [-0.4, -0.2) is 13.2 Å². The van der Waals surface area contributed by atoms with Crippen molar-refractivity contribution in [3.05, 3.63) is 54.1 Å². The topological polar surface area (TPSA) is 35.2 Å². The molecule has 0 spiro atoms. The summed E-state index contributed by atoms with van der Waals surface area (Å²) in [4.78, 5) is 0. The van der Waals surface area contributed by atoms with Gasteiger partial charge in [-0.3, -0.25) is 0 Å². The van der Waals surface area contributed by atoms with Crippen LogP contribution >= 0.6 is 0 Å². The Kier molecular flexibility index (Phi) is 4.58. The maximum absolute atomic E-state index is 5.78. The van der Waals surface area contributed by atoms with Gasteiger partial charge in [-0.1, -0.05) is 36.4 Å². The van der Waals surface area contributed by atoms with E-state index in [1.165, 1.54) is 16.7 Å². The average Bonchev–Trinajstić information content (AvgIpc) is 2.46. The number of rotatable bonds is 5. The number of benzene rings is 2. The number of hydrogen-bond donors (Lipinski definition) is 1. The van der Waals surface area contributed by atoms with Gasteiger partial charge in [0.05, 0.1) is 7.11 Å². The van der Waals surface area contributed by atoms with Crippen molar-refractivity contribution in [3.63, 3.8) is 0 Å². The number of aryl methyl sites for hydroxylation is 1. The van der Waals surface area contributed by atoms with E-state index < -0.39 is 0 Å². The zero-order valence-electron chi connectivity index (χ0n) is 11.6. The van der Waals surface area contributed by atoms with Gasteiger partial charge in [0.2, 0.25) is 0 Å². The van der Waals surface area contributed by atoms with E-state index >= 15 is 0 Å². The van der Waals surface area contributed by atoms with Gasteiger partial charge >= 0.3 is 0 Å². The lowest BCUT2D eigenvalue weighted by Gasteiger charge is -2.07. The van der Waals surface area contributed by atoms with Crippen LogP contribution in [-0.2, 0) is 6.42 Å². The monoisotopic (exact) mass is 255 g/mol. The van der Waals surface area contributed by atoms with E-state index in [2.05, 4.69) is 36.4 Å². The van der Waals surface area contributed by atoms with Crippen LogP contribution in [0.2, 0.25) is 0 Å². The summed E-state index contributed by atoms with van der Waals surface area (Å²) >= 11 is 0. The minimum atomic E-state index is 0.265. The second-order valence-corrected chi connectivity index (χ2v) is 4.94. The van der Waals surface area contributed by atoms with Gasteiger partial charge in [0.1, 0.15) is 5.75 Å². The molecule has 0 aromatic heterocycles. The van der Waals surface area contributed by atoms with E-state index in [9.17, 15) is 0 Å². The lowest BCUT2D eigenvalue weighted by Crippen LogP contribution is -2.15. The Morgan fingerprint density at radius 1 is 0.947 bits per heavy atom. The zero-order valence-corrected chi connectivity index (χ0v) is 11.6. The minimum Gasteiger partial charge on any atom is -0.497 e. The molecular weight excluding hydrogens is 234 g/mol. The van der Waals surface area contributed by atoms with Crippen LogP contribution in [0.25, 0.3) is 11.1 Å². The number of methoxy groups -OCH3 is 1. The first-order valence-corrected chi connectivity index (χ1v) is 6.68. The van der Waals surface area contributed by atoms with Gasteiger partial charge in [0.25, 0.3) is 0 Å². The van der Waals surface area contributed by atoms with Gasteiger partial charge in [-0.2, -0.15) is 0 Å². The number of nitrogens with two attached hydrogens (primary N) is 1. The number of ether oxygens (including phenoxy) is 1. The second kappa shape index (κ2) is 6.39. The molecule has 0 heterocycles. The van der Waals surface area contributed by atoms with Gasteiger partial charge in [0, 0.05) is 6.04 Å². The summed E-state index contributed by atoms with van der Waals surface area (Å²) in [7, 11) is 1.68. The molecule has 0 aliphatic rings. The van der Waals surface area contributed by atoms with Gasteiger partial charge in [-0.15, -0.1) is 0 Å². The van der Waals surface area contributed by atoms with Gasteiger partial charge < -0.3 is 10.5 Å². The summed E-state index contributed by atoms with van der Waals surface area (Å²) in [5.74, 6) is 0.886. The van der Waals surface area contributed by atoms with Gasteiger partial charge in [-0.05, 0) is 48.6 Å². The quantitative estimate of drug-likeness (QED) is 0.885. The largest absolute Gasteiger partial charge is 0.497 e. The fourth-order valence-corrected chi connectivity index (χ4v) is 2.04. The highest BCUT2D eigenvalue weighted by atomic mass is 16.5. The van der Waals surface area contributed by atoms with Crippen molar-refractivity contribution in [2.45, 2.75) is 25.8 Å². The van der Waals surface area contributed by atoms with Crippen LogP contribution in [0.1, 0.15) is 18.9 Å². The molecule has 0 amide bonds. The van der Waals surface area contributed by atoms with Gasteiger partial charge in [0.15, 0.2) is 0 Å². The summed E-state index contributed by atoms with van der Waals surface area (Å²) in [6.45, 7) is 2.05. The molecule has 0 fully saturated rings. The molecule has 1 atom stereocenters. The van der Waals surface area contributed by atoms with Crippen molar-refractivity contribution in [3.8, 4) is 16.9 Å². The van der Waals surface area contributed by atoms with E-state index in [0.29, 0.717) is 0 Å². The van der Waals surface area contributed by atoms with Crippen molar-refractivity contribution >= 4 is 0 Å². The SMILES string of the molecule is COc1ccc(-c2ccc(CCC(C)N)cc2)cc1. The van der Waals surface area contributed by atoms with Crippen molar-refractivity contribution in [2.24, 2.45) is 5.73 Å². The van der Waals surface area contributed by atoms with Crippen molar-refractivity contribution in [1.82, 2.24) is 0 Å². The van der Waals surface area contributed by atoms with Crippen molar-refractivity contribution < 1.29 is 4.74 Å². The third kappa shape index (κ3) is 3.83. The molecule has 2 aromatic rings. The smallest absolute Gasteiger partial charge is 0.118 e. The third-order valence-corrected chi connectivity index (χ3v) is 3.27. The second-order valence-electron chi connectivity index (χ2n) is 4.94. The molecule has 2 N–H and O–H groups in total. The zero-order chi connectivity index (χ0) is 13.7. The van der Waals surface area contributed by atoms with E-state index in [0.717, 1.165) is 18.6 Å². The summed E-state index contributed by atoms with van der Waals surface area (Å²) in [5, 5.41) is 0. The minimum absolute atomic E-state index is 0.265. The van der Waals surface area contributed by atoms with Crippen LogP contribution in [0.5, 0.6) is 5.75 Å². The van der Waals surface area contributed by atoms with E-state index in [1.54, 1.807) is 7.11 Å². The first-order chi connectivity index (χ1) is 9.19. The van der Waals surface area contributed by atoms with E-state index in [-0.39, 0.29) is 6.04 Å². The molecule has 0 aliphatic heterocycles. The Labute approximate surface area is 115 Å². The molecule has 0 bridgehead atoms. The van der Waals surface area contributed by atoms with E-state index in [4.69, 9.17) is 10.5 Å². The van der Waals surface area contributed by atoms with Crippen LogP contribution in [0.3, 0.4) is 0 Å². The highest BCUT2D eigenvalue weighted by Gasteiger charge is 2.00. The van der Waals surface area contributed by atoms with Crippen molar-refractivity contribution in [1.29, 1.82) is 0 Å². The van der Waals surface area contributed by atoms with Crippen LogP contribution in [0.4, 0.5) is 0 Å². The molecule has 100 valence electrons. The normalized spacial score (nSPS) is 12.2. The molecule has 2 rings (SSSR count). The first kappa shape index (κ1) is 13.6. The fraction of sp³-hybridized carbons (Fsp3) is 0.294. The van der Waals surface area contributed by atoms with Crippen LogP contribution < -0.4 is 10.5 Å². The molecular formula is C17H21NO. The average molecular weight is 255 g/mol. The third-order valence-electron chi connectivity index (χ3n) is 3.27. The molecule has 1 unspecified atom stereocenters. The maximum Gasteiger partial charge on any atom is 0.118 e. The molecule has 2 nitrogen and oxygen atoms in total. The summed E-state index contributed by atoms with van der Waals surface area (Å²) < 4.78 is 5.17. The standard InChI is InChI=1S/C17H21NO/c1-13(18)3-4-14-5-7-15(8-6-14)16-9-11-17(19-2)12-10-16/h5-13H,3-4,18H2,1-2H3. The predicted octanol–water partition coefficient (Wildman–Crippen LogP) is 3.64. The Bertz CT molecular complexity index is 500. The van der Waals surface area contributed by atoms with Crippen LogP contribution in [0.15, 0.2) is 48.5 Å². The molecule has 2 aromatic carbocycles. The fourth-order valence-electron chi connectivity index (χ4n) is 2.04.